The Bertz CT molecular complexity index is 197. The molecule has 2 aliphatic rings. The van der Waals surface area contributed by atoms with Crippen molar-refractivity contribution in [2.75, 3.05) is 0 Å². The first-order valence-corrected chi connectivity index (χ1v) is 8.75. The maximum Gasteiger partial charge on any atom is 0.00676 e. The third kappa shape index (κ3) is 6.27. The molecule has 2 nitrogen and oxygen atoms in total. The van der Waals surface area contributed by atoms with Gasteiger partial charge >= 0.3 is 0 Å². The van der Waals surface area contributed by atoms with Gasteiger partial charge in [0.25, 0.3) is 0 Å². The lowest BCUT2D eigenvalue weighted by atomic mass is 9.96. The molecule has 2 fully saturated rings. The van der Waals surface area contributed by atoms with Crippen LogP contribution < -0.4 is 10.6 Å². The van der Waals surface area contributed by atoms with Crippen LogP contribution in [0.3, 0.4) is 0 Å². The van der Waals surface area contributed by atoms with Crippen LogP contribution in [0.5, 0.6) is 0 Å². The van der Waals surface area contributed by atoms with Crippen molar-refractivity contribution in [3.05, 3.63) is 0 Å². The van der Waals surface area contributed by atoms with Gasteiger partial charge in [-0.1, -0.05) is 34.1 Å². The Labute approximate surface area is 121 Å². The summed E-state index contributed by atoms with van der Waals surface area (Å²) in [6, 6.07) is 3.29. The standard InChI is InChI=1S/C9H19N.C8H17N/c1-3-8-6-5-7-9(4-2)10-8;1-3-7-5-6-8(4-2)9-7/h8-10H,3-7H2,1-2H3;7-9H,3-6H2,1-2H3. The summed E-state index contributed by atoms with van der Waals surface area (Å²) in [5, 5.41) is 7.24. The summed E-state index contributed by atoms with van der Waals surface area (Å²) in [6.45, 7) is 9.07. The fourth-order valence-electron chi connectivity index (χ4n) is 3.30. The van der Waals surface area contributed by atoms with Gasteiger partial charge in [0.1, 0.15) is 0 Å². The Morgan fingerprint density at radius 3 is 1.16 bits per heavy atom. The highest BCUT2D eigenvalue weighted by atomic mass is 15.0. The molecule has 0 spiro atoms. The second-order valence-electron chi connectivity index (χ2n) is 6.26. The van der Waals surface area contributed by atoms with Gasteiger partial charge < -0.3 is 10.6 Å². The molecule has 0 aromatic carbocycles. The van der Waals surface area contributed by atoms with E-state index in [2.05, 4.69) is 38.3 Å². The SMILES string of the molecule is CCC1CCC(CC)N1.CCC1CCCC(CC)N1. The number of hydrogen-bond donors (Lipinski definition) is 2. The van der Waals surface area contributed by atoms with E-state index >= 15 is 0 Å². The van der Waals surface area contributed by atoms with E-state index in [1.165, 1.54) is 57.8 Å². The summed E-state index contributed by atoms with van der Waals surface area (Å²) >= 11 is 0. The molecule has 2 heterocycles. The molecule has 2 N–H and O–H groups in total. The maximum atomic E-state index is 3.65. The number of piperidine rings is 1. The summed E-state index contributed by atoms with van der Waals surface area (Å²) in [4.78, 5) is 0. The number of rotatable bonds is 4. The molecule has 4 unspecified atom stereocenters. The predicted molar refractivity (Wildman–Crippen MR) is 85.7 cm³/mol. The van der Waals surface area contributed by atoms with Crippen molar-refractivity contribution in [2.24, 2.45) is 0 Å². The van der Waals surface area contributed by atoms with E-state index < -0.39 is 0 Å². The molecule has 0 saturated carbocycles. The Balaban J connectivity index is 0.000000191. The van der Waals surface area contributed by atoms with E-state index in [4.69, 9.17) is 0 Å². The predicted octanol–water partition coefficient (Wildman–Crippen LogP) is 4.24. The van der Waals surface area contributed by atoms with Crippen LogP contribution in [0.4, 0.5) is 0 Å². The van der Waals surface area contributed by atoms with Gasteiger partial charge in [0.2, 0.25) is 0 Å². The van der Waals surface area contributed by atoms with E-state index in [1.54, 1.807) is 0 Å². The topological polar surface area (TPSA) is 24.1 Å². The average molecular weight is 268 g/mol. The molecule has 4 atom stereocenters. The molecule has 0 aromatic rings. The molecule has 114 valence electrons. The monoisotopic (exact) mass is 268 g/mol. The van der Waals surface area contributed by atoms with Crippen molar-refractivity contribution in [3.63, 3.8) is 0 Å². The second-order valence-corrected chi connectivity index (χ2v) is 6.26. The van der Waals surface area contributed by atoms with Crippen LogP contribution in [0.2, 0.25) is 0 Å². The van der Waals surface area contributed by atoms with Gasteiger partial charge in [0.05, 0.1) is 0 Å². The highest BCUT2D eigenvalue weighted by molar-refractivity contribution is 4.81. The highest BCUT2D eigenvalue weighted by Crippen LogP contribution is 2.16. The number of nitrogens with one attached hydrogen (secondary N) is 2. The lowest BCUT2D eigenvalue weighted by molar-refractivity contribution is 0.308. The minimum absolute atomic E-state index is 0.818. The molecule has 2 aliphatic heterocycles. The summed E-state index contributed by atoms with van der Waals surface area (Å²) in [5.41, 5.74) is 0. The van der Waals surface area contributed by atoms with Crippen LogP contribution in [0.15, 0.2) is 0 Å². The van der Waals surface area contributed by atoms with Gasteiger partial charge in [-0.25, -0.2) is 0 Å². The minimum atomic E-state index is 0.818. The first kappa shape index (κ1) is 17.0. The third-order valence-electron chi connectivity index (χ3n) is 4.88. The summed E-state index contributed by atoms with van der Waals surface area (Å²) in [6.07, 6.45) is 12.2. The van der Waals surface area contributed by atoms with Crippen molar-refractivity contribution in [3.8, 4) is 0 Å². The van der Waals surface area contributed by atoms with Crippen LogP contribution in [0, 0.1) is 0 Å². The van der Waals surface area contributed by atoms with Crippen molar-refractivity contribution in [1.29, 1.82) is 0 Å². The van der Waals surface area contributed by atoms with Crippen molar-refractivity contribution >= 4 is 0 Å². The molecule has 0 amide bonds. The zero-order chi connectivity index (χ0) is 14.1. The van der Waals surface area contributed by atoms with Crippen LogP contribution in [0.25, 0.3) is 0 Å². The number of hydrogen-bond acceptors (Lipinski definition) is 2. The highest BCUT2D eigenvalue weighted by Gasteiger charge is 2.19. The summed E-state index contributed by atoms with van der Waals surface area (Å²) in [5.74, 6) is 0. The first-order valence-electron chi connectivity index (χ1n) is 8.75. The molecule has 19 heavy (non-hydrogen) atoms. The van der Waals surface area contributed by atoms with E-state index in [0.717, 1.165) is 24.2 Å². The van der Waals surface area contributed by atoms with Gasteiger partial charge in [-0.05, 0) is 51.4 Å². The van der Waals surface area contributed by atoms with Gasteiger partial charge in [0, 0.05) is 24.2 Å². The minimum Gasteiger partial charge on any atom is -0.311 e. The van der Waals surface area contributed by atoms with E-state index in [9.17, 15) is 0 Å². The van der Waals surface area contributed by atoms with E-state index in [-0.39, 0.29) is 0 Å². The maximum absolute atomic E-state index is 3.65. The van der Waals surface area contributed by atoms with Crippen LogP contribution in [0.1, 0.15) is 85.5 Å². The summed E-state index contributed by atoms with van der Waals surface area (Å²) in [7, 11) is 0. The van der Waals surface area contributed by atoms with E-state index in [1.807, 2.05) is 0 Å². The van der Waals surface area contributed by atoms with Crippen LogP contribution >= 0.6 is 0 Å². The molecular weight excluding hydrogens is 232 g/mol. The second kappa shape index (κ2) is 9.77. The smallest absolute Gasteiger partial charge is 0.00676 e. The zero-order valence-corrected chi connectivity index (χ0v) is 13.7. The normalized spacial score (nSPS) is 34.7. The Hall–Kier alpha value is -0.0800. The quantitative estimate of drug-likeness (QED) is 0.796. The van der Waals surface area contributed by atoms with E-state index in [0.29, 0.717) is 0 Å². The van der Waals surface area contributed by atoms with Crippen LogP contribution in [-0.4, -0.2) is 24.2 Å². The summed E-state index contributed by atoms with van der Waals surface area (Å²) < 4.78 is 0. The fraction of sp³-hybridized carbons (Fsp3) is 1.00. The Kier molecular flexibility index (Phi) is 8.72. The molecule has 2 rings (SSSR count). The third-order valence-corrected chi connectivity index (χ3v) is 4.88. The molecule has 2 saturated heterocycles. The average Bonchev–Trinajstić information content (AvgIpc) is 2.96. The fourth-order valence-corrected chi connectivity index (χ4v) is 3.30. The Morgan fingerprint density at radius 2 is 0.895 bits per heavy atom. The van der Waals surface area contributed by atoms with Crippen molar-refractivity contribution < 1.29 is 0 Å². The van der Waals surface area contributed by atoms with Gasteiger partial charge in [-0.2, -0.15) is 0 Å². The molecular formula is C17H36N2. The lowest BCUT2D eigenvalue weighted by Gasteiger charge is -2.29. The van der Waals surface area contributed by atoms with Crippen molar-refractivity contribution in [2.45, 2.75) is 110 Å². The molecule has 2 heteroatoms. The van der Waals surface area contributed by atoms with Crippen LogP contribution in [-0.2, 0) is 0 Å². The van der Waals surface area contributed by atoms with Gasteiger partial charge in [-0.3, -0.25) is 0 Å². The first-order chi connectivity index (χ1) is 9.23. The van der Waals surface area contributed by atoms with Gasteiger partial charge in [-0.15, -0.1) is 0 Å². The zero-order valence-electron chi connectivity index (χ0n) is 13.7. The molecule has 0 aromatic heterocycles. The molecule has 0 radical (unpaired) electrons. The molecule has 0 aliphatic carbocycles. The Morgan fingerprint density at radius 1 is 0.579 bits per heavy atom. The van der Waals surface area contributed by atoms with Crippen molar-refractivity contribution in [1.82, 2.24) is 10.6 Å². The van der Waals surface area contributed by atoms with Gasteiger partial charge in [0.15, 0.2) is 0 Å². The lowest BCUT2D eigenvalue weighted by Crippen LogP contribution is -2.41. The largest absolute Gasteiger partial charge is 0.311 e. The molecule has 0 bridgehead atoms.